The highest BCUT2D eigenvalue weighted by Crippen LogP contribution is 2.46. The predicted octanol–water partition coefficient (Wildman–Crippen LogP) is 5.57. The maximum absolute atomic E-state index is 13.8. The molecule has 156 valence electrons. The van der Waals surface area contributed by atoms with Crippen LogP contribution < -0.4 is 0 Å². The lowest BCUT2D eigenvalue weighted by molar-refractivity contribution is -0.137. The number of nitrogens with zero attached hydrogens (tertiary/aromatic N) is 1. The number of carbonyl (C=O) groups excluding carboxylic acids is 1. The molecule has 3 aromatic carbocycles. The molecule has 3 aromatic rings. The molecule has 1 aliphatic rings. The zero-order valence-electron chi connectivity index (χ0n) is 16.5. The molecule has 0 aromatic heterocycles. The summed E-state index contributed by atoms with van der Waals surface area (Å²) in [5, 5.41) is 8.61. The number of benzene rings is 3. The number of amides is 1. The molecule has 6 heteroatoms. The molecule has 1 fully saturated rings. The Balaban J connectivity index is 1.81. The van der Waals surface area contributed by atoms with Crippen molar-refractivity contribution < 1.29 is 18.0 Å². The Labute approximate surface area is 178 Å². The van der Waals surface area contributed by atoms with Crippen LogP contribution in [0.4, 0.5) is 13.2 Å². The molecule has 1 saturated heterocycles. The monoisotopic (exact) mass is 420 g/mol. The molecule has 0 atom stereocenters. The van der Waals surface area contributed by atoms with E-state index in [-0.39, 0.29) is 17.9 Å². The van der Waals surface area contributed by atoms with Crippen LogP contribution in [0, 0.1) is 5.41 Å². The van der Waals surface area contributed by atoms with Crippen molar-refractivity contribution in [3.05, 3.63) is 119 Å². The first-order valence-electron chi connectivity index (χ1n) is 9.63. The van der Waals surface area contributed by atoms with Crippen LogP contribution in [0.25, 0.3) is 0 Å². The molecular formula is C25H19F3N2O. The lowest BCUT2D eigenvalue weighted by Crippen LogP contribution is -2.39. The maximum Gasteiger partial charge on any atom is 0.416 e. The second-order valence-electron chi connectivity index (χ2n) is 7.40. The van der Waals surface area contributed by atoms with Crippen molar-refractivity contribution in [2.24, 2.45) is 0 Å². The Bertz CT molecular complexity index is 1110. The average molecular weight is 420 g/mol. The van der Waals surface area contributed by atoms with Crippen LogP contribution in [0.2, 0.25) is 0 Å². The Morgan fingerprint density at radius 1 is 0.871 bits per heavy atom. The van der Waals surface area contributed by atoms with Gasteiger partial charge >= 0.3 is 6.18 Å². The topological polar surface area (TPSA) is 44.2 Å². The maximum atomic E-state index is 13.8. The zero-order chi connectivity index (χ0) is 22.2. The third-order valence-corrected chi connectivity index (χ3v) is 5.58. The molecule has 3 nitrogen and oxygen atoms in total. The Morgan fingerprint density at radius 2 is 1.42 bits per heavy atom. The van der Waals surface area contributed by atoms with E-state index in [2.05, 4.69) is 6.58 Å². The van der Waals surface area contributed by atoms with Crippen molar-refractivity contribution in [2.75, 3.05) is 0 Å². The van der Waals surface area contributed by atoms with E-state index < -0.39 is 23.1 Å². The number of hydrogen-bond acceptors (Lipinski definition) is 2. The number of hydrogen-bond donors (Lipinski definition) is 1. The molecule has 4 rings (SSSR count). The smallest absolute Gasteiger partial charge is 0.291 e. The second-order valence-corrected chi connectivity index (χ2v) is 7.40. The van der Waals surface area contributed by atoms with Crippen LogP contribution in [0.1, 0.15) is 22.3 Å². The highest BCUT2D eigenvalue weighted by molar-refractivity contribution is 6.22. The molecule has 1 heterocycles. The minimum absolute atomic E-state index is 0.102. The van der Waals surface area contributed by atoms with E-state index in [1.54, 1.807) is 48.5 Å². The predicted molar refractivity (Wildman–Crippen MR) is 113 cm³/mol. The minimum atomic E-state index is -4.49. The van der Waals surface area contributed by atoms with E-state index in [0.29, 0.717) is 16.7 Å². The van der Waals surface area contributed by atoms with Crippen LogP contribution in [0.15, 0.2) is 97.1 Å². The highest BCUT2D eigenvalue weighted by Gasteiger charge is 2.55. The molecular weight excluding hydrogens is 401 g/mol. The normalized spacial score (nSPS) is 16.1. The first-order valence-corrected chi connectivity index (χ1v) is 9.63. The fraction of sp³-hybridized carbons (Fsp3) is 0.120. The molecule has 0 radical (unpaired) electrons. The quantitative estimate of drug-likeness (QED) is 0.589. The van der Waals surface area contributed by atoms with E-state index in [9.17, 15) is 18.0 Å². The van der Waals surface area contributed by atoms with Crippen LogP contribution >= 0.6 is 0 Å². The fourth-order valence-electron chi connectivity index (χ4n) is 4.09. The fourth-order valence-corrected chi connectivity index (χ4v) is 4.09. The molecule has 0 unspecified atom stereocenters. The molecule has 1 N–H and O–H groups in total. The van der Waals surface area contributed by atoms with E-state index in [4.69, 9.17) is 5.41 Å². The SMILES string of the molecule is C=C1C(=N)N(Cc2cccc(C(F)(F)F)c2)C(=O)C1(c1ccccc1)c1ccccc1. The second kappa shape index (κ2) is 7.54. The van der Waals surface area contributed by atoms with Gasteiger partial charge in [-0.1, -0.05) is 79.4 Å². The summed E-state index contributed by atoms with van der Waals surface area (Å²) in [6, 6.07) is 22.9. The number of likely N-dealkylation sites (tertiary alicyclic amines) is 1. The van der Waals surface area contributed by atoms with E-state index >= 15 is 0 Å². The molecule has 1 amide bonds. The lowest BCUT2D eigenvalue weighted by atomic mass is 9.70. The largest absolute Gasteiger partial charge is 0.416 e. The molecule has 0 bridgehead atoms. The lowest BCUT2D eigenvalue weighted by Gasteiger charge is -2.29. The average Bonchev–Trinajstić information content (AvgIpc) is 2.96. The van der Waals surface area contributed by atoms with Crippen molar-refractivity contribution in [1.82, 2.24) is 4.90 Å². The van der Waals surface area contributed by atoms with Gasteiger partial charge in [-0.15, -0.1) is 0 Å². The first-order chi connectivity index (χ1) is 14.8. The van der Waals surface area contributed by atoms with Crippen LogP contribution in [-0.4, -0.2) is 16.6 Å². The summed E-state index contributed by atoms with van der Waals surface area (Å²) in [7, 11) is 0. The van der Waals surface area contributed by atoms with Gasteiger partial charge in [-0.05, 0) is 28.8 Å². The van der Waals surface area contributed by atoms with Gasteiger partial charge in [-0.25, -0.2) is 0 Å². The number of rotatable bonds is 4. The molecule has 1 aliphatic heterocycles. The Kier molecular flexibility index (Phi) is 5.01. The number of nitrogens with one attached hydrogen (secondary N) is 1. The zero-order valence-corrected chi connectivity index (χ0v) is 16.5. The standard InChI is InChI=1S/C25H19F3N2O/c1-17-22(29)30(16-18-9-8-14-21(15-18)25(26,27)28)23(31)24(17,19-10-4-2-5-11-19)20-12-6-3-7-13-20/h2-15,29H,1,16H2. The number of carbonyl (C=O) groups is 1. The summed E-state index contributed by atoms with van der Waals surface area (Å²) in [4.78, 5) is 15.0. The van der Waals surface area contributed by atoms with Crippen molar-refractivity contribution in [2.45, 2.75) is 18.1 Å². The van der Waals surface area contributed by atoms with E-state index in [0.717, 1.165) is 12.1 Å². The minimum Gasteiger partial charge on any atom is -0.291 e. The van der Waals surface area contributed by atoms with Gasteiger partial charge in [0.25, 0.3) is 0 Å². The van der Waals surface area contributed by atoms with Gasteiger partial charge in [0.15, 0.2) is 0 Å². The van der Waals surface area contributed by atoms with Crippen molar-refractivity contribution in [3.63, 3.8) is 0 Å². The van der Waals surface area contributed by atoms with Crippen LogP contribution in [0.5, 0.6) is 0 Å². The van der Waals surface area contributed by atoms with Gasteiger partial charge < -0.3 is 0 Å². The van der Waals surface area contributed by atoms with Gasteiger partial charge in [0, 0.05) is 5.57 Å². The summed E-state index contributed by atoms with van der Waals surface area (Å²) < 4.78 is 39.4. The van der Waals surface area contributed by atoms with Gasteiger partial charge in [0.1, 0.15) is 11.3 Å². The van der Waals surface area contributed by atoms with Gasteiger partial charge in [0.05, 0.1) is 12.1 Å². The van der Waals surface area contributed by atoms with Gasteiger partial charge in [0.2, 0.25) is 5.91 Å². The Hall–Kier alpha value is -3.67. The van der Waals surface area contributed by atoms with Crippen molar-refractivity contribution >= 4 is 11.7 Å². The number of amidine groups is 1. The van der Waals surface area contributed by atoms with E-state index in [1.807, 2.05) is 12.1 Å². The van der Waals surface area contributed by atoms with Crippen LogP contribution in [-0.2, 0) is 22.9 Å². The summed E-state index contributed by atoms with van der Waals surface area (Å²) in [6.45, 7) is 3.92. The number of alkyl halides is 3. The molecule has 0 spiro atoms. The molecule has 31 heavy (non-hydrogen) atoms. The summed E-state index contributed by atoms with van der Waals surface area (Å²) in [6.07, 6.45) is -4.49. The summed E-state index contributed by atoms with van der Waals surface area (Å²) in [5.41, 5.74) is -0.194. The summed E-state index contributed by atoms with van der Waals surface area (Å²) >= 11 is 0. The van der Waals surface area contributed by atoms with Crippen molar-refractivity contribution in [1.29, 1.82) is 5.41 Å². The van der Waals surface area contributed by atoms with Crippen LogP contribution in [0.3, 0.4) is 0 Å². The van der Waals surface area contributed by atoms with Gasteiger partial charge in [-0.3, -0.25) is 15.1 Å². The summed E-state index contributed by atoms with van der Waals surface area (Å²) in [5.74, 6) is -0.507. The van der Waals surface area contributed by atoms with E-state index in [1.165, 1.54) is 17.0 Å². The third kappa shape index (κ3) is 3.34. The molecule has 0 aliphatic carbocycles. The molecule has 0 saturated carbocycles. The number of halogens is 3. The Morgan fingerprint density at radius 3 is 1.94 bits per heavy atom. The third-order valence-electron chi connectivity index (χ3n) is 5.58. The highest BCUT2D eigenvalue weighted by atomic mass is 19.4. The van der Waals surface area contributed by atoms with Crippen molar-refractivity contribution in [3.8, 4) is 0 Å². The first kappa shape index (κ1) is 20.6. The van der Waals surface area contributed by atoms with Gasteiger partial charge in [-0.2, -0.15) is 13.2 Å².